The Kier molecular flexibility index (Phi) is 7.01. The summed E-state index contributed by atoms with van der Waals surface area (Å²) in [6.45, 7) is 7.33. The van der Waals surface area contributed by atoms with Crippen molar-refractivity contribution in [1.29, 1.82) is 0 Å². The van der Waals surface area contributed by atoms with E-state index in [2.05, 4.69) is 38.1 Å². The molecule has 0 bridgehead atoms. The molecule has 10 heteroatoms. The Balaban J connectivity index is 1.24. The number of imidazole rings is 1. The van der Waals surface area contributed by atoms with Gasteiger partial charge in [0.05, 0.1) is 24.5 Å². The minimum Gasteiger partial charge on any atom is -0.491 e. The summed E-state index contributed by atoms with van der Waals surface area (Å²) in [7, 11) is 1.45. The zero-order chi connectivity index (χ0) is 30.4. The number of ether oxygens (including phenoxy) is 1. The molecular weight excluding hydrogens is 554 g/mol. The maximum absolute atomic E-state index is 12.4. The predicted octanol–water partition coefficient (Wildman–Crippen LogP) is 4.41. The normalized spacial score (nSPS) is 17.4. The van der Waals surface area contributed by atoms with Gasteiger partial charge in [0.1, 0.15) is 22.8 Å². The van der Waals surface area contributed by atoms with Crippen LogP contribution in [0.5, 0.6) is 5.75 Å². The van der Waals surface area contributed by atoms with Gasteiger partial charge < -0.3 is 15.4 Å². The van der Waals surface area contributed by atoms with Crippen molar-refractivity contribution in [3.05, 3.63) is 93.9 Å². The van der Waals surface area contributed by atoms with E-state index in [-0.39, 0.29) is 17.3 Å². The standard InChI is InChI=1S/C34H35N7O3/c1-3-8-26(39-18-14-34(15-19-39)16-20-40(21-34)27-28(42)29(43)30(27)44-2)41-32(23-11-7-17-36-31(23)35)38-25-13-12-24(37-33(25)41)22-9-5-4-6-10-22/h3-7,9-13,17,26H,1,8,14-16,18-21H2,2H3,(H2,35,36). The Morgan fingerprint density at radius 1 is 1.00 bits per heavy atom. The predicted molar refractivity (Wildman–Crippen MR) is 172 cm³/mol. The van der Waals surface area contributed by atoms with E-state index in [1.165, 1.54) is 7.11 Å². The van der Waals surface area contributed by atoms with Crippen LogP contribution < -0.4 is 26.2 Å². The summed E-state index contributed by atoms with van der Waals surface area (Å²) in [4.78, 5) is 43.4. The van der Waals surface area contributed by atoms with Gasteiger partial charge in [-0.25, -0.2) is 15.0 Å². The van der Waals surface area contributed by atoms with Crippen LogP contribution in [0.15, 0.2) is 83.0 Å². The van der Waals surface area contributed by atoms with E-state index in [0.29, 0.717) is 17.9 Å². The Bertz CT molecular complexity index is 1920. The number of nitrogen functional groups attached to an aromatic ring is 1. The Hall–Kier alpha value is -4.83. The highest BCUT2D eigenvalue weighted by Crippen LogP contribution is 2.45. The largest absolute Gasteiger partial charge is 0.491 e. The van der Waals surface area contributed by atoms with Crippen molar-refractivity contribution in [3.63, 3.8) is 0 Å². The third-order valence-corrected chi connectivity index (χ3v) is 9.44. The number of piperidine rings is 1. The Morgan fingerprint density at radius 2 is 1.77 bits per heavy atom. The van der Waals surface area contributed by atoms with Crippen LogP contribution in [0.3, 0.4) is 0 Å². The number of nitrogens with zero attached hydrogens (tertiary/aromatic N) is 6. The van der Waals surface area contributed by atoms with Crippen molar-refractivity contribution in [3.8, 4) is 28.4 Å². The molecular formula is C34H35N7O3. The van der Waals surface area contributed by atoms with Crippen LogP contribution in [-0.2, 0) is 0 Å². The molecule has 5 heterocycles. The number of rotatable bonds is 8. The lowest BCUT2D eigenvalue weighted by atomic mass is 9.77. The summed E-state index contributed by atoms with van der Waals surface area (Å²) in [6.07, 6.45) is 7.15. The second kappa shape index (κ2) is 11.0. The molecule has 2 saturated heterocycles. The molecule has 2 fully saturated rings. The molecule has 1 atom stereocenters. The molecule has 5 aromatic rings. The molecule has 10 nitrogen and oxygen atoms in total. The molecule has 44 heavy (non-hydrogen) atoms. The van der Waals surface area contributed by atoms with Gasteiger partial charge in [-0.15, -0.1) is 6.58 Å². The second-order valence-electron chi connectivity index (χ2n) is 11.9. The van der Waals surface area contributed by atoms with Gasteiger partial charge >= 0.3 is 0 Å². The average molecular weight is 590 g/mol. The molecule has 0 radical (unpaired) electrons. The topological polar surface area (TPSA) is 119 Å². The van der Waals surface area contributed by atoms with Crippen molar-refractivity contribution in [2.24, 2.45) is 5.41 Å². The number of methoxy groups -OCH3 is 1. The summed E-state index contributed by atoms with van der Waals surface area (Å²) in [5.74, 6) is 1.35. The van der Waals surface area contributed by atoms with E-state index >= 15 is 0 Å². The Morgan fingerprint density at radius 3 is 2.50 bits per heavy atom. The van der Waals surface area contributed by atoms with Crippen molar-refractivity contribution >= 4 is 22.7 Å². The maximum atomic E-state index is 12.4. The molecule has 2 aliphatic rings. The Labute approximate surface area is 255 Å². The molecule has 0 saturated carbocycles. The monoisotopic (exact) mass is 589 g/mol. The van der Waals surface area contributed by atoms with Crippen LogP contribution in [0.25, 0.3) is 33.8 Å². The molecule has 2 aromatic carbocycles. The molecule has 2 N–H and O–H groups in total. The lowest BCUT2D eigenvalue weighted by molar-refractivity contribution is 0.0583. The molecule has 2 aliphatic heterocycles. The quantitative estimate of drug-likeness (QED) is 0.207. The smallest absolute Gasteiger partial charge is 0.272 e. The summed E-state index contributed by atoms with van der Waals surface area (Å²) in [6, 6.07) is 18.0. The summed E-state index contributed by atoms with van der Waals surface area (Å²) < 4.78 is 7.45. The van der Waals surface area contributed by atoms with Crippen molar-refractivity contribution in [1.82, 2.24) is 24.4 Å². The highest BCUT2D eigenvalue weighted by atomic mass is 16.5. The molecule has 7 rings (SSSR count). The van der Waals surface area contributed by atoms with Crippen molar-refractivity contribution in [2.75, 3.05) is 43.9 Å². The van der Waals surface area contributed by atoms with Crippen LogP contribution in [0, 0.1) is 5.41 Å². The van der Waals surface area contributed by atoms with Crippen LogP contribution in [-0.4, -0.2) is 57.7 Å². The minimum absolute atomic E-state index is 0.0757. The number of anilines is 2. The second-order valence-corrected chi connectivity index (χ2v) is 11.9. The number of nitrogens with two attached hydrogens (primary N) is 1. The fraction of sp³-hybridized carbons (Fsp3) is 0.324. The number of benzene rings is 1. The molecule has 0 aliphatic carbocycles. The molecule has 224 valence electrons. The van der Waals surface area contributed by atoms with E-state index in [1.54, 1.807) is 6.20 Å². The van der Waals surface area contributed by atoms with Crippen LogP contribution >= 0.6 is 0 Å². The van der Waals surface area contributed by atoms with Gasteiger partial charge in [0, 0.05) is 37.9 Å². The van der Waals surface area contributed by atoms with E-state index in [9.17, 15) is 9.59 Å². The van der Waals surface area contributed by atoms with Gasteiger partial charge in [0.25, 0.3) is 10.9 Å². The van der Waals surface area contributed by atoms with Gasteiger partial charge in [0.2, 0.25) is 0 Å². The SMILES string of the molecule is C=CCC(N1CCC2(CCN(c3c(OC)c(=O)c3=O)C2)CC1)n1c(-c2cccnc2N)nc2ccc(-c3ccccc3)nc21. The average Bonchev–Trinajstić information content (AvgIpc) is 3.63. The van der Waals surface area contributed by atoms with Crippen molar-refractivity contribution in [2.45, 2.75) is 31.8 Å². The van der Waals surface area contributed by atoms with Crippen molar-refractivity contribution < 1.29 is 4.74 Å². The summed E-state index contributed by atoms with van der Waals surface area (Å²) in [5.41, 5.74) is 10.2. The number of likely N-dealkylation sites (tertiary alicyclic amines) is 1. The third kappa shape index (κ3) is 4.57. The van der Waals surface area contributed by atoms with E-state index < -0.39 is 10.9 Å². The van der Waals surface area contributed by atoms with E-state index in [0.717, 1.165) is 79.3 Å². The third-order valence-electron chi connectivity index (χ3n) is 9.44. The van der Waals surface area contributed by atoms with Crippen LogP contribution in [0.2, 0.25) is 0 Å². The molecule has 1 spiro atoms. The first-order valence-corrected chi connectivity index (χ1v) is 15.1. The lowest BCUT2D eigenvalue weighted by Gasteiger charge is -2.43. The van der Waals surface area contributed by atoms with E-state index in [4.69, 9.17) is 20.4 Å². The number of aromatic nitrogens is 4. The van der Waals surface area contributed by atoms with Gasteiger partial charge in [-0.3, -0.25) is 19.1 Å². The maximum Gasteiger partial charge on any atom is 0.272 e. The first-order chi connectivity index (χ1) is 21.4. The van der Waals surface area contributed by atoms with Crippen LogP contribution in [0.1, 0.15) is 31.8 Å². The van der Waals surface area contributed by atoms with Gasteiger partial charge in [-0.1, -0.05) is 36.4 Å². The lowest BCUT2D eigenvalue weighted by Crippen LogP contribution is -2.46. The number of hydrogen-bond acceptors (Lipinski definition) is 9. The molecule has 0 amide bonds. The van der Waals surface area contributed by atoms with Crippen LogP contribution in [0.4, 0.5) is 11.5 Å². The number of pyridine rings is 2. The fourth-order valence-electron chi connectivity index (χ4n) is 7.06. The molecule has 1 unspecified atom stereocenters. The number of fused-ring (bicyclic) bond motifs is 1. The molecule has 3 aromatic heterocycles. The minimum atomic E-state index is -0.521. The highest BCUT2D eigenvalue weighted by Gasteiger charge is 2.44. The first-order valence-electron chi connectivity index (χ1n) is 15.1. The zero-order valence-corrected chi connectivity index (χ0v) is 24.8. The first kappa shape index (κ1) is 28.0. The fourth-order valence-corrected chi connectivity index (χ4v) is 7.06. The summed E-state index contributed by atoms with van der Waals surface area (Å²) >= 11 is 0. The number of hydrogen-bond donors (Lipinski definition) is 1. The summed E-state index contributed by atoms with van der Waals surface area (Å²) in [5, 5.41) is 0. The van der Waals surface area contributed by atoms with Gasteiger partial charge in [-0.05, 0) is 55.4 Å². The highest BCUT2D eigenvalue weighted by molar-refractivity contribution is 5.82. The van der Waals surface area contributed by atoms with Gasteiger partial charge in [0.15, 0.2) is 11.4 Å². The van der Waals surface area contributed by atoms with E-state index in [1.807, 2.05) is 48.5 Å². The zero-order valence-electron chi connectivity index (χ0n) is 24.8. The van der Waals surface area contributed by atoms with Gasteiger partial charge in [-0.2, -0.15) is 0 Å².